The quantitative estimate of drug-likeness (QED) is 0.615. The van der Waals surface area contributed by atoms with Crippen molar-refractivity contribution in [3.05, 3.63) is 57.1 Å². The highest BCUT2D eigenvalue weighted by atomic mass is 79.9. The summed E-state index contributed by atoms with van der Waals surface area (Å²) >= 11 is 16.1. The zero-order chi connectivity index (χ0) is 15.6. The van der Waals surface area contributed by atoms with Gasteiger partial charge >= 0.3 is 0 Å². The van der Waals surface area contributed by atoms with Gasteiger partial charge in [0.25, 0.3) is 0 Å². The number of hydrogen-bond acceptors (Lipinski definition) is 2. The topological polar surface area (TPSA) is 18.5 Å². The maximum absolute atomic E-state index is 6.31. The highest BCUT2D eigenvalue weighted by Gasteiger charge is 2.20. The zero-order valence-electron chi connectivity index (χ0n) is 11.9. The summed E-state index contributed by atoms with van der Waals surface area (Å²) in [5.74, 6) is 1.19. The molecule has 1 unspecified atom stereocenters. The molecule has 0 saturated heterocycles. The molecule has 21 heavy (non-hydrogen) atoms. The van der Waals surface area contributed by atoms with E-state index >= 15 is 0 Å². The van der Waals surface area contributed by atoms with Crippen LogP contribution in [0.1, 0.15) is 21.5 Å². The van der Waals surface area contributed by atoms with Gasteiger partial charge in [-0.1, -0.05) is 57.3 Å². The van der Waals surface area contributed by atoms with Gasteiger partial charge in [0.15, 0.2) is 0 Å². The van der Waals surface area contributed by atoms with Crippen LogP contribution in [0.15, 0.2) is 30.3 Å². The first-order chi connectivity index (χ1) is 9.99. The molecule has 0 radical (unpaired) electrons. The third-order valence-electron chi connectivity index (χ3n) is 3.26. The predicted molar refractivity (Wildman–Crippen MR) is 91.5 cm³/mol. The van der Waals surface area contributed by atoms with E-state index in [1.807, 2.05) is 37.3 Å². The van der Waals surface area contributed by atoms with Gasteiger partial charge in [-0.15, -0.1) is 0 Å². The van der Waals surface area contributed by atoms with Crippen molar-refractivity contribution in [3.63, 3.8) is 0 Å². The van der Waals surface area contributed by atoms with Crippen LogP contribution in [0.3, 0.4) is 0 Å². The lowest BCUT2D eigenvalue weighted by Gasteiger charge is -2.18. The molecule has 1 atom stereocenters. The first-order valence-electron chi connectivity index (χ1n) is 6.30. The van der Waals surface area contributed by atoms with Crippen molar-refractivity contribution in [2.45, 2.75) is 11.8 Å². The molecule has 2 nitrogen and oxygen atoms in total. The lowest BCUT2D eigenvalue weighted by atomic mass is 10.0. The molecular weight excluding hydrogens is 375 g/mol. The summed E-state index contributed by atoms with van der Waals surface area (Å²) in [6.45, 7) is 1.98. The zero-order valence-corrected chi connectivity index (χ0v) is 15.0. The Morgan fingerprint density at radius 2 is 1.76 bits per heavy atom. The van der Waals surface area contributed by atoms with E-state index in [2.05, 4.69) is 15.9 Å². The third-order valence-corrected chi connectivity index (χ3v) is 5.07. The van der Waals surface area contributed by atoms with Crippen LogP contribution in [0.5, 0.6) is 11.5 Å². The van der Waals surface area contributed by atoms with E-state index in [-0.39, 0.29) is 4.83 Å². The van der Waals surface area contributed by atoms with Crippen molar-refractivity contribution in [2.75, 3.05) is 14.2 Å². The fourth-order valence-electron chi connectivity index (χ4n) is 2.12. The van der Waals surface area contributed by atoms with Crippen LogP contribution >= 0.6 is 39.1 Å². The van der Waals surface area contributed by atoms with Gasteiger partial charge in [-0.2, -0.15) is 0 Å². The minimum Gasteiger partial charge on any atom is -0.495 e. The van der Waals surface area contributed by atoms with Crippen molar-refractivity contribution in [1.29, 1.82) is 0 Å². The summed E-state index contributed by atoms with van der Waals surface area (Å²) in [6.07, 6.45) is 0. The van der Waals surface area contributed by atoms with Crippen molar-refractivity contribution in [2.24, 2.45) is 0 Å². The molecule has 0 aliphatic rings. The molecule has 112 valence electrons. The van der Waals surface area contributed by atoms with E-state index in [0.717, 1.165) is 21.7 Å². The highest BCUT2D eigenvalue weighted by Crippen LogP contribution is 2.44. The number of ether oxygens (including phenoxy) is 2. The maximum Gasteiger partial charge on any atom is 0.145 e. The fraction of sp³-hybridized carbons (Fsp3) is 0.250. The molecule has 2 aromatic rings. The standard InChI is InChI=1S/C16H15BrCl2O2/c1-9-8-10(4-6-12(9)18)14(17)11-5-7-13(20-2)15(19)16(11)21-3/h4-8,14H,1-3H3. The Bertz CT molecular complexity index is 659. The van der Waals surface area contributed by atoms with E-state index in [0.29, 0.717) is 16.5 Å². The van der Waals surface area contributed by atoms with E-state index in [1.54, 1.807) is 14.2 Å². The number of aryl methyl sites for hydroxylation is 1. The monoisotopic (exact) mass is 388 g/mol. The van der Waals surface area contributed by atoms with Crippen molar-refractivity contribution in [3.8, 4) is 11.5 Å². The Morgan fingerprint density at radius 1 is 1.05 bits per heavy atom. The first kappa shape index (κ1) is 16.5. The van der Waals surface area contributed by atoms with Crippen LogP contribution in [-0.2, 0) is 0 Å². The fourth-order valence-corrected chi connectivity index (χ4v) is 3.21. The van der Waals surface area contributed by atoms with Crippen LogP contribution < -0.4 is 9.47 Å². The summed E-state index contributed by atoms with van der Waals surface area (Å²) in [5, 5.41) is 1.21. The van der Waals surface area contributed by atoms with E-state index in [1.165, 1.54) is 0 Å². The molecule has 2 rings (SSSR count). The minimum absolute atomic E-state index is 0.0492. The van der Waals surface area contributed by atoms with Crippen molar-refractivity contribution < 1.29 is 9.47 Å². The van der Waals surface area contributed by atoms with Gasteiger partial charge < -0.3 is 9.47 Å². The van der Waals surface area contributed by atoms with Crippen molar-refractivity contribution in [1.82, 2.24) is 0 Å². The molecule has 0 heterocycles. The Morgan fingerprint density at radius 3 is 2.33 bits per heavy atom. The summed E-state index contributed by atoms with van der Waals surface area (Å²) in [5.41, 5.74) is 3.04. The predicted octanol–water partition coefficient (Wildman–Crippen LogP) is 5.80. The summed E-state index contributed by atoms with van der Waals surface area (Å²) in [4.78, 5) is -0.0492. The molecule has 0 aromatic heterocycles. The SMILES string of the molecule is COc1ccc(C(Br)c2ccc(Cl)c(C)c2)c(OC)c1Cl. The summed E-state index contributed by atoms with van der Waals surface area (Å²) in [7, 11) is 3.17. The Balaban J connectivity index is 2.50. The molecule has 5 heteroatoms. The molecule has 0 fully saturated rings. The second kappa shape index (κ2) is 6.91. The first-order valence-corrected chi connectivity index (χ1v) is 7.97. The minimum atomic E-state index is -0.0492. The number of benzene rings is 2. The van der Waals surface area contributed by atoms with Gasteiger partial charge in [0.05, 0.1) is 19.0 Å². The Hall–Kier alpha value is -0.900. The largest absolute Gasteiger partial charge is 0.495 e. The van der Waals surface area contributed by atoms with Gasteiger partial charge in [0.2, 0.25) is 0 Å². The van der Waals surface area contributed by atoms with Gasteiger partial charge in [0, 0.05) is 10.6 Å². The van der Waals surface area contributed by atoms with Crippen molar-refractivity contribution >= 4 is 39.1 Å². The van der Waals surface area contributed by atoms with Gasteiger partial charge in [-0.05, 0) is 30.2 Å². The maximum atomic E-state index is 6.31. The van der Waals surface area contributed by atoms with Gasteiger partial charge in [-0.3, -0.25) is 0 Å². The van der Waals surface area contributed by atoms with Crippen LogP contribution in [-0.4, -0.2) is 14.2 Å². The molecule has 0 saturated carbocycles. The van der Waals surface area contributed by atoms with Gasteiger partial charge in [0.1, 0.15) is 16.5 Å². The number of methoxy groups -OCH3 is 2. The second-order valence-electron chi connectivity index (χ2n) is 4.58. The lowest BCUT2D eigenvalue weighted by molar-refractivity contribution is 0.392. The summed E-state index contributed by atoms with van der Waals surface area (Å²) in [6, 6.07) is 9.67. The molecule has 0 N–H and O–H groups in total. The van der Waals surface area contributed by atoms with Crippen LogP contribution in [0.2, 0.25) is 10.0 Å². The van der Waals surface area contributed by atoms with Gasteiger partial charge in [-0.25, -0.2) is 0 Å². The molecule has 0 spiro atoms. The normalized spacial score (nSPS) is 12.1. The lowest BCUT2D eigenvalue weighted by Crippen LogP contribution is -1.99. The molecule has 0 bridgehead atoms. The van der Waals surface area contributed by atoms with E-state index in [4.69, 9.17) is 32.7 Å². The molecule has 0 aliphatic heterocycles. The van der Waals surface area contributed by atoms with Crippen LogP contribution in [0, 0.1) is 6.92 Å². The number of halogens is 3. The Kier molecular flexibility index (Phi) is 5.42. The van der Waals surface area contributed by atoms with E-state index in [9.17, 15) is 0 Å². The molecule has 0 amide bonds. The Labute approximate surface area is 143 Å². The smallest absolute Gasteiger partial charge is 0.145 e. The highest BCUT2D eigenvalue weighted by molar-refractivity contribution is 9.09. The molecular formula is C16H15BrCl2O2. The van der Waals surface area contributed by atoms with E-state index < -0.39 is 0 Å². The average molecular weight is 390 g/mol. The molecule has 2 aromatic carbocycles. The number of alkyl halides is 1. The molecule has 0 aliphatic carbocycles. The number of hydrogen-bond donors (Lipinski definition) is 0. The second-order valence-corrected chi connectivity index (χ2v) is 6.28. The van der Waals surface area contributed by atoms with Crippen LogP contribution in [0.25, 0.3) is 0 Å². The van der Waals surface area contributed by atoms with Crippen LogP contribution in [0.4, 0.5) is 0 Å². The number of rotatable bonds is 4. The third kappa shape index (κ3) is 3.31. The summed E-state index contributed by atoms with van der Waals surface area (Å²) < 4.78 is 10.7. The average Bonchev–Trinajstić information content (AvgIpc) is 2.49.